The van der Waals surface area contributed by atoms with Gasteiger partial charge in [0.1, 0.15) is 5.66 Å². The van der Waals surface area contributed by atoms with E-state index in [4.69, 9.17) is 19.9 Å². The molecule has 8 heteroatoms. The van der Waals surface area contributed by atoms with Crippen LogP contribution in [0, 0.1) is 0 Å². The highest BCUT2D eigenvalue weighted by Crippen LogP contribution is 2.43. The largest absolute Gasteiger partial charge is 0.489 e. The third-order valence-electron chi connectivity index (χ3n) is 4.95. The number of likely N-dealkylation sites (tertiary alicyclic amines) is 1. The second kappa shape index (κ2) is 7.89. The standard InChI is InChI=1S/C20H29N5O3/c1-14-12-20(2,21)24-19(22-14)23-15-10-16(18-17(11-15)27-13-28-18)26-9-5-8-25-6-3-4-7-25/h10-12H,3-9,13,21H2,1-2H3,(H2,22,23,24). The first kappa shape index (κ1) is 18.9. The molecule has 3 heterocycles. The van der Waals surface area contributed by atoms with E-state index in [-0.39, 0.29) is 6.79 Å². The lowest BCUT2D eigenvalue weighted by molar-refractivity contribution is 0.169. The molecule has 1 aromatic rings. The summed E-state index contributed by atoms with van der Waals surface area (Å²) in [6, 6.07) is 3.79. The van der Waals surface area contributed by atoms with Gasteiger partial charge in [0.05, 0.1) is 6.61 Å². The number of hydrogen-bond donors (Lipinski definition) is 3. The van der Waals surface area contributed by atoms with Gasteiger partial charge >= 0.3 is 0 Å². The van der Waals surface area contributed by atoms with Crippen LogP contribution in [0.1, 0.15) is 33.1 Å². The van der Waals surface area contributed by atoms with Crippen LogP contribution in [0.4, 0.5) is 5.69 Å². The maximum Gasteiger partial charge on any atom is 0.231 e. The number of guanidine groups is 1. The molecular formula is C20H29N5O3. The molecule has 0 aliphatic carbocycles. The molecule has 1 unspecified atom stereocenters. The molecule has 3 aliphatic heterocycles. The van der Waals surface area contributed by atoms with E-state index in [0.717, 1.165) is 24.4 Å². The van der Waals surface area contributed by atoms with E-state index in [1.807, 2.05) is 32.1 Å². The minimum atomic E-state index is -0.747. The molecule has 0 aromatic heterocycles. The molecule has 152 valence electrons. The molecule has 8 nitrogen and oxygen atoms in total. The number of fused-ring (bicyclic) bond motifs is 1. The summed E-state index contributed by atoms with van der Waals surface area (Å²) in [5.74, 6) is 2.59. The number of nitrogens with zero attached hydrogens (tertiary/aromatic N) is 2. The lowest BCUT2D eigenvalue weighted by atomic mass is 10.1. The van der Waals surface area contributed by atoms with Crippen molar-refractivity contribution in [3.63, 3.8) is 0 Å². The fraction of sp³-hybridized carbons (Fsp3) is 0.550. The third-order valence-corrected chi connectivity index (χ3v) is 4.95. The second-order valence-corrected chi connectivity index (χ2v) is 7.72. The van der Waals surface area contributed by atoms with Crippen LogP contribution in [0.3, 0.4) is 0 Å². The second-order valence-electron chi connectivity index (χ2n) is 7.72. The first-order chi connectivity index (χ1) is 13.5. The normalized spacial score (nSPS) is 23.8. The van der Waals surface area contributed by atoms with Gasteiger partial charge in [-0.05, 0) is 52.3 Å². The lowest BCUT2D eigenvalue weighted by Gasteiger charge is -2.25. The predicted molar refractivity (Wildman–Crippen MR) is 109 cm³/mol. The zero-order valence-electron chi connectivity index (χ0n) is 16.6. The highest BCUT2D eigenvalue weighted by atomic mass is 16.7. The van der Waals surface area contributed by atoms with Crippen LogP contribution in [0.25, 0.3) is 0 Å². The Morgan fingerprint density at radius 3 is 2.93 bits per heavy atom. The van der Waals surface area contributed by atoms with E-state index in [2.05, 4.69) is 20.5 Å². The summed E-state index contributed by atoms with van der Waals surface area (Å²) in [7, 11) is 0. The van der Waals surface area contributed by atoms with Crippen molar-refractivity contribution in [2.45, 2.75) is 38.8 Å². The van der Waals surface area contributed by atoms with E-state index in [0.29, 0.717) is 29.8 Å². The number of aliphatic imine (C=N–C) groups is 1. The molecule has 4 rings (SSSR count). The quantitative estimate of drug-likeness (QED) is 0.645. The summed E-state index contributed by atoms with van der Waals surface area (Å²) >= 11 is 0. The van der Waals surface area contributed by atoms with Crippen molar-refractivity contribution in [2.75, 3.05) is 38.4 Å². The minimum absolute atomic E-state index is 0.199. The average Bonchev–Trinajstić information content (AvgIpc) is 3.28. The molecule has 28 heavy (non-hydrogen) atoms. The van der Waals surface area contributed by atoms with Crippen LogP contribution in [0.5, 0.6) is 17.2 Å². The maximum atomic E-state index is 6.15. The number of allylic oxidation sites excluding steroid dienone is 1. The molecule has 0 amide bonds. The summed E-state index contributed by atoms with van der Waals surface area (Å²) in [5, 5.41) is 6.46. The molecule has 3 aliphatic rings. The number of anilines is 1. The lowest BCUT2D eigenvalue weighted by Crippen LogP contribution is -2.43. The monoisotopic (exact) mass is 387 g/mol. The van der Waals surface area contributed by atoms with E-state index >= 15 is 0 Å². The van der Waals surface area contributed by atoms with Gasteiger partial charge in [-0.2, -0.15) is 0 Å². The third kappa shape index (κ3) is 4.51. The van der Waals surface area contributed by atoms with Gasteiger partial charge in [0.15, 0.2) is 11.5 Å². The van der Waals surface area contributed by atoms with E-state index in [1.54, 1.807) is 0 Å². The summed E-state index contributed by atoms with van der Waals surface area (Å²) in [6.07, 6.45) is 5.48. The van der Waals surface area contributed by atoms with Crippen molar-refractivity contribution in [2.24, 2.45) is 10.7 Å². The maximum absolute atomic E-state index is 6.15. The summed E-state index contributed by atoms with van der Waals surface area (Å²) in [6.45, 7) is 8.12. The molecule has 0 saturated carbocycles. The van der Waals surface area contributed by atoms with Crippen LogP contribution in [0.2, 0.25) is 0 Å². The SMILES string of the molecule is CC1=CC(C)(N)N=C(Nc2cc(OCCCN3CCCC3)c3c(c2)OCO3)N1. The number of benzene rings is 1. The Morgan fingerprint density at radius 1 is 1.32 bits per heavy atom. The zero-order chi connectivity index (χ0) is 19.6. The van der Waals surface area contributed by atoms with Crippen LogP contribution in [0.15, 0.2) is 28.9 Å². The van der Waals surface area contributed by atoms with Gasteiger partial charge in [0.25, 0.3) is 0 Å². The molecule has 1 fully saturated rings. The number of rotatable bonds is 6. The van der Waals surface area contributed by atoms with E-state index in [1.165, 1.54) is 25.9 Å². The Morgan fingerprint density at radius 2 is 2.14 bits per heavy atom. The highest BCUT2D eigenvalue weighted by Gasteiger charge is 2.23. The number of hydrogen-bond acceptors (Lipinski definition) is 8. The summed E-state index contributed by atoms with van der Waals surface area (Å²) < 4.78 is 17.2. The van der Waals surface area contributed by atoms with Gasteiger partial charge < -0.3 is 35.5 Å². The minimum Gasteiger partial charge on any atom is -0.489 e. The molecule has 4 N–H and O–H groups in total. The summed E-state index contributed by atoms with van der Waals surface area (Å²) in [5.41, 5.74) is 7.15. The van der Waals surface area contributed by atoms with Gasteiger partial charge in [-0.25, -0.2) is 4.99 Å². The van der Waals surface area contributed by atoms with Gasteiger partial charge in [0, 0.05) is 30.1 Å². The molecule has 1 saturated heterocycles. The Bertz CT molecular complexity index is 784. The predicted octanol–water partition coefficient (Wildman–Crippen LogP) is 2.23. The molecular weight excluding hydrogens is 358 g/mol. The number of nitrogens with one attached hydrogen (secondary N) is 2. The van der Waals surface area contributed by atoms with Crippen molar-refractivity contribution in [1.29, 1.82) is 0 Å². The fourth-order valence-electron chi connectivity index (χ4n) is 3.79. The highest BCUT2D eigenvalue weighted by molar-refractivity contribution is 5.96. The smallest absolute Gasteiger partial charge is 0.231 e. The first-order valence-corrected chi connectivity index (χ1v) is 9.90. The molecule has 0 radical (unpaired) electrons. The van der Waals surface area contributed by atoms with Crippen LogP contribution < -0.4 is 30.6 Å². The first-order valence-electron chi connectivity index (χ1n) is 9.90. The Labute approximate surface area is 165 Å². The topological polar surface area (TPSA) is 93.4 Å². The Balaban J connectivity index is 1.42. The van der Waals surface area contributed by atoms with Crippen LogP contribution in [-0.4, -0.2) is 49.6 Å². The van der Waals surface area contributed by atoms with Gasteiger partial charge in [0.2, 0.25) is 18.5 Å². The zero-order valence-corrected chi connectivity index (χ0v) is 16.6. The van der Waals surface area contributed by atoms with Gasteiger partial charge in [-0.15, -0.1) is 0 Å². The molecule has 0 spiro atoms. The fourth-order valence-corrected chi connectivity index (χ4v) is 3.79. The van der Waals surface area contributed by atoms with E-state index in [9.17, 15) is 0 Å². The summed E-state index contributed by atoms with van der Waals surface area (Å²) in [4.78, 5) is 6.96. The van der Waals surface area contributed by atoms with Crippen LogP contribution in [-0.2, 0) is 0 Å². The van der Waals surface area contributed by atoms with Crippen molar-refractivity contribution < 1.29 is 14.2 Å². The molecule has 0 bridgehead atoms. The number of ether oxygens (including phenoxy) is 3. The molecule has 1 atom stereocenters. The van der Waals surface area contributed by atoms with Crippen molar-refractivity contribution in [3.05, 3.63) is 23.9 Å². The average molecular weight is 387 g/mol. The van der Waals surface area contributed by atoms with Crippen molar-refractivity contribution in [3.8, 4) is 17.2 Å². The van der Waals surface area contributed by atoms with Gasteiger partial charge in [-0.1, -0.05) is 0 Å². The molecule has 1 aromatic carbocycles. The Kier molecular flexibility index (Phi) is 5.32. The van der Waals surface area contributed by atoms with Crippen LogP contribution >= 0.6 is 0 Å². The van der Waals surface area contributed by atoms with Crippen molar-refractivity contribution >= 4 is 11.6 Å². The number of nitrogens with two attached hydrogens (primary N) is 1. The Hall–Kier alpha value is -2.45. The van der Waals surface area contributed by atoms with E-state index < -0.39 is 5.66 Å². The van der Waals surface area contributed by atoms with Crippen molar-refractivity contribution in [1.82, 2.24) is 10.2 Å². The van der Waals surface area contributed by atoms with Gasteiger partial charge in [-0.3, -0.25) is 0 Å².